The van der Waals surface area contributed by atoms with Gasteiger partial charge in [0.05, 0.1) is 0 Å². The van der Waals surface area contributed by atoms with Gasteiger partial charge in [-0.25, -0.2) is 0 Å². The molecular weight excluding hydrogens is 355 g/mol. The Labute approximate surface area is 107 Å². The van der Waals surface area contributed by atoms with Crippen molar-refractivity contribution in [2.75, 3.05) is 0 Å². The van der Waals surface area contributed by atoms with Crippen molar-refractivity contribution in [1.29, 1.82) is 0 Å². The van der Waals surface area contributed by atoms with Gasteiger partial charge < -0.3 is 0 Å². The predicted octanol–water partition coefficient (Wildman–Crippen LogP) is 4.43. The lowest BCUT2D eigenvalue weighted by Gasteiger charge is -2.03. The maximum Gasteiger partial charge on any atom is 0.164 e. The molecule has 0 unspecified atom stereocenters. The van der Waals surface area contributed by atoms with E-state index in [0.717, 1.165) is 26.4 Å². The molecule has 0 saturated heterocycles. The number of hydrogen-bond acceptors (Lipinski definition) is 1. The quantitative estimate of drug-likeness (QED) is 0.569. The van der Waals surface area contributed by atoms with Gasteiger partial charge in [0.25, 0.3) is 0 Å². The van der Waals surface area contributed by atoms with Gasteiger partial charge >= 0.3 is 0 Å². The first-order valence-corrected chi connectivity index (χ1v) is 6.50. The number of hydrogen-bond donors (Lipinski definition) is 0. The number of carbonyl (C=O) groups excluding carboxylic acids is 1. The van der Waals surface area contributed by atoms with E-state index in [1.165, 1.54) is 0 Å². The highest BCUT2D eigenvalue weighted by Crippen LogP contribution is 2.21. The highest BCUT2D eigenvalue weighted by atomic mass is 127. The third-order valence-corrected chi connectivity index (χ3v) is 3.35. The maximum atomic E-state index is 11.7. The van der Waals surface area contributed by atoms with E-state index in [-0.39, 0.29) is 5.78 Å². The Morgan fingerprint density at radius 1 is 1.50 bits per heavy atom. The highest BCUT2D eigenvalue weighted by molar-refractivity contribution is 14.1. The molecule has 0 atom stereocenters. The van der Waals surface area contributed by atoms with Crippen LogP contribution >= 0.6 is 38.5 Å². The van der Waals surface area contributed by atoms with Crippen LogP contribution in [0.1, 0.15) is 36.5 Å². The Morgan fingerprint density at radius 2 is 2.21 bits per heavy atom. The standard InChI is InChI=1S/C11H12BrIO/c1-2-3-4-11(14)9-7-8(13)5-6-10(9)12/h5-7H,2-4H2,1H3. The number of halogens is 2. The molecule has 0 spiro atoms. The van der Waals surface area contributed by atoms with E-state index in [2.05, 4.69) is 45.4 Å². The number of ketones is 1. The molecule has 14 heavy (non-hydrogen) atoms. The third-order valence-electron chi connectivity index (χ3n) is 1.99. The first-order chi connectivity index (χ1) is 6.65. The zero-order chi connectivity index (χ0) is 10.6. The molecule has 0 aliphatic carbocycles. The van der Waals surface area contributed by atoms with Crippen molar-refractivity contribution in [3.63, 3.8) is 0 Å². The molecule has 0 heterocycles. The maximum absolute atomic E-state index is 11.7. The molecule has 0 fully saturated rings. The summed E-state index contributed by atoms with van der Waals surface area (Å²) in [6, 6.07) is 5.85. The lowest BCUT2D eigenvalue weighted by Crippen LogP contribution is -2.00. The first-order valence-electron chi connectivity index (χ1n) is 4.63. The summed E-state index contributed by atoms with van der Waals surface area (Å²) >= 11 is 5.62. The van der Waals surface area contributed by atoms with Crippen molar-refractivity contribution in [3.05, 3.63) is 31.8 Å². The fraction of sp³-hybridized carbons (Fsp3) is 0.364. The topological polar surface area (TPSA) is 17.1 Å². The Balaban J connectivity index is 2.83. The summed E-state index contributed by atoms with van der Waals surface area (Å²) in [4.78, 5) is 11.7. The lowest BCUT2D eigenvalue weighted by molar-refractivity contribution is 0.0979. The largest absolute Gasteiger partial charge is 0.294 e. The molecule has 0 aliphatic heterocycles. The normalized spacial score (nSPS) is 10.2. The Bertz CT molecular complexity index is 336. The molecule has 76 valence electrons. The molecular formula is C11H12BrIO. The van der Waals surface area contributed by atoms with Crippen LogP contribution in [0.2, 0.25) is 0 Å². The monoisotopic (exact) mass is 366 g/mol. The van der Waals surface area contributed by atoms with Crippen molar-refractivity contribution < 1.29 is 4.79 Å². The minimum Gasteiger partial charge on any atom is -0.294 e. The Morgan fingerprint density at radius 3 is 2.86 bits per heavy atom. The lowest BCUT2D eigenvalue weighted by atomic mass is 10.1. The van der Waals surface area contributed by atoms with E-state index in [0.29, 0.717) is 6.42 Å². The van der Waals surface area contributed by atoms with Gasteiger partial charge in [-0.1, -0.05) is 29.3 Å². The Kier molecular flexibility index (Phi) is 5.09. The number of rotatable bonds is 4. The average molecular weight is 367 g/mol. The van der Waals surface area contributed by atoms with Crippen LogP contribution < -0.4 is 0 Å². The second-order valence-corrected chi connectivity index (χ2v) is 5.25. The average Bonchev–Trinajstić information content (AvgIpc) is 2.18. The van der Waals surface area contributed by atoms with E-state index in [1.54, 1.807) is 0 Å². The van der Waals surface area contributed by atoms with Crippen molar-refractivity contribution in [3.8, 4) is 0 Å². The molecule has 0 aromatic heterocycles. The molecule has 1 aromatic carbocycles. The second-order valence-electron chi connectivity index (χ2n) is 3.15. The van der Waals surface area contributed by atoms with Crippen LogP contribution in [0.3, 0.4) is 0 Å². The summed E-state index contributed by atoms with van der Waals surface area (Å²) in [7, 11) is 0. The van der Waals surface area contributed by atoms with Crippen LogP contribution in [-0.2, 0) is 0 Å². The van der Waals surface area contributed by atoms with Gasteiger partial charge in [-0.2, -0.15) is 0 Å². The van der Waals surface area contributed by atoms with Crippen LogP contribution in [0.5, 0.6) is 0 Å². The summed E-state index contributed by atoms with van der Waals surface area (Å²) in [5.41, 5.74) is 0.811. The van der Waals surface area contributed by atoms with Gasteiger partial charge in [0.15, 0.2) is 5.78 Å². The molecule has 1 rings (SSSR count). The molecule has 3 heteroatoms. The van der Waals surface area contributed by atoms with Crippen LogP contribution in [0.4, 0.5) is 0 Å². The summed E-state index contributed by atoms with van der Waals surface area (Å²) in [6.07, 6.45) is 2.68. The summed E-state index contributed by atoms with van der Waals surface area (Å²) in [5, 5.41) is 0. The third kappa shape index (κ3) is 3.35. The summed E-state index contributed by atoms with van der Waals surface area (Å²) in [6.45, 7) is 2.09. The van der Waals surface area contributed by atoms with Gasteiger partial charge in [-0.3, -0.25) is 4.79 Å². The van der Waals surface area contributed by atoms with Crippen molar-refractivity contribution in [1.82, 2.24) is 0 Å². The number of Topliss-reactive ketones (excluding diaryl/α,β-unsaturated/α-hetero) is 1. The zero-order valence-electron chi connectivity index (χ0n) is 8.02. The smallest absolute Gasteiger partial charge is 0.164 e. The van der Waals surface area contributed by atoms with E-state index < -0.39 is 0 Å². The second kappa shape index (κ2) is 5.85. The predicted molar refractivity (Wildman–Crippen MR) is 70.7 cm³/mol. The summed E-state index contributed by atoms with van der Waals surface area (Å²) in [5.74, 6) is 0.234. The van der Waals surface area contributed by atoms with Gasteiger partial charge in [0.2, 0.25) is 0 Å². The number of unbranched alkanes of at least 4 members (excludes halogenated alkanes) is 1. The zero-order valence-corrected chi connectivity index (χ0v) is 11.8. The minimum absolute atomic E-state index is 0.234. The number of carbonyl (C=O) groups is 1. The van der Waals surface area contributed by atoms with E-state index in [4.69, 9.17) is 0 Å². The van der Waals surface area contributed by atoms with Crippen molar-refractivity contribution in [2.24, 2.45) is 0 Å². The summed E-state index contributed by atoms with van der Waals surface area (Å²) < 4.78 is 2.00. The van der Waals surface area contributed by atoms with Crippen LogP contribution in [-0.4, -0.2) is 5.78 Å². The Hall–Kier alpha value is 0.1000. The molecule has 0 saturated carbocycles. The van der Waals surface area contributed by atoms with Crippen LogP contribution in [0.25, 0.3) is 0 Å². The van der Waals surface area contributed by atoms with Crippen molar-refractivity contribution >= 4 is 44.3 Å². The molecule has 1 aromatic rings. The van der Waals surface area contributed by atoms with Gasteiger partial charge in [-0.05, 0) is 47.2 Å². The molecule has 0 radical (unpaired) electrons. The van der Waals surface area contributed by atoms with E-state index in [9.17, 15) is 4.79 Å². The molecule has 0 bridgehead atoms. The molecule has 0 amide bonds. The van der Waals surface area contributed by atoms with Gasteiger partial charge in [-0.15, -0.1) is 0 Å². The highest BCUT2D eigenvalue weighted by Gasteiger charge is 2.09. The number of benzene rings is 1. The molecule has 0 N–H and O–H groups in total. The molecule has 0 aliphatic rings. The van der Waals surface area contributed by atoms with Crippen LogP contribution in [0, 0.1) is 3.57 Å². The van der Waals surface area contributed by atoms with E-state index >= 15 is 0 Å². The molecule has 1 nitrogen and oxygen atoms in total. The van der Waals surface area contributed by atoms with Crippen molar-refractivity contribution in [2.45, 2.75) is 26.2 Å². The van der Waals surface area contributed by atoms with Gasteiger partial charge in [0, 0.05) is 20.0 Å². The SMILES string of the molecule is CCCCC(=O)c1cc(I)ccc1Br. The van der Waals surface area contributed by atoms with Gasteiger partial charge in [0.1, 0.15) is 0 Å². The van der Waals surface area contributed by atoms with Crippen LogP contribution in [0.15, 0.2) is 22.7 Å². The first kappa shape index (κ1) is 12.2. The minimum atomic E-state index is 0.234. The fourth-order valence-electron chi connectivity index (χ4n) is 1.18. The van der Waals surface area contributed by atoms with E-state index in [1.807, 2.05) is 18.2 Å². The fourth-order valence-corrected chi connectivity index (χ4v) is 2.14.